The van der Waals surface area contributed by atoms with E-state index in [9.17, 15) is 23.1 Å². The molecule has 1 atom stereocenters. The number of hydrazone groups is 1. The number of carbonyl (C=O) groups is 1. The van der Waals surface area contributed by atoms with Gasteiger partial charge in [-0.1, -0.05) is 23.7 Å². The maximum Gasteiger partial charge on any atom is 0.438 e. The topological polar surface area (TPSA) is 65.8 Å². The van der Waals surface area contributed by atoms with E-state index in [1.54, 1.807) is 0 Å². The number of alkyl halides is 3. The zero-order chi connectivity index (χ0) is 18.2. The number of halogens is 4. The van der Waals surface area contributed by atoms with Gasteiger partial charge in [-0.25, -0.2) is 0 Å². The molecule has 130 valence electrons. The summed E-state index contributed by atoms with van der Waals surface area (Å²) in [5.74, 6) is -1.10. The van der Waals surface area contributed by atoms with Crippen LogP contribution in [0.5, 0.6) is 0 Å². The molecule has 5 nitrogen and oxygen atoms in total. The minimum atomic E-state index is -5.09. The molecule has 0 saturated heterocycles. The van der Waals surface area contributed by atoms with Crippen LogP contribution in [0.1, 0.15) is 22.3 Å². The van der Waals surface area contributed by atoms with Crippen LogP contribution in [0.25, 0.3) is 0 Å². The fraction of sp³-hybridized carbons (Fsp3) is 0.188. The van der Waals surface area contributed by atoms with E-state index in [1.807, 2.05) is 0 Å². The molecule has 0 bridgehead atoms. The van der Waals surface area contributed by atoms with Gasteiger partial charge in [0, 0.05) is 17.4 Å². The van der Waals surface area contributed by atoms with Crippen LogP contribution in [0.4, 0.5) is 13.2 Å². The highest BCUT2D eigenvalue weighted by molar-refractivity contribution is 6.30. The van der Waals surface area contributed by atoms with Gasteiger partial charge in [-0.15, -0.1) is 0 Å². The van der Waals surface area contributed by atoms with Crippen molar-refractivity contribution in [3.05, 3.63) is 64.9 Å². The van der Waals surface area contributed by atoms with Crippen LogP contribution in [-0.2, 0) is 0 Å². The third kappa shape index (κ3) is 3.10. The molecule has 1 N–H and O–H groups in total. The Balaban J connectivity index is 2.04. The largest absolute Gasteiger partial charge is 0.438 e. The van der Waals surface area contributed by atoms with Crippen molar-refractivity contribution in [1.82, 2.24) is 9.99 Å². The van der Waals surface area contributed by atoms with Gasteiger partial charge >= 0.3 is 6.18 Å². The molecular formula is C16H11ClF3N3O2. The molecule has 2 heterocycles. The Morgan fingerprint density at radius 1 is 1.24 bits per heavy atom. The first-order chi connectivity index (χ1) is 11.7. The molecule has 2 aromatic rings. The zero-order valence-electron chi connectivity index (χ0n) is 12.5. The number of nitrogens with zero attached hydrogens (tertiary/aromatic N) is 3. The summed E-state index contributed by atoms with van der Waals surface area (Å²) >= 11 is 5.77. The average Bonchev–Trinajstić information content (AvgIpc) is 2.94. The molecule has 0 aliphatic carbocycles. The van der Waals surface area contributed by atoms with Gasteiger partial charge in [-0.05, 0) is 29.8 Å². The van der Waals surface area contributed by atoms with Crippen molar-refractivity contribution in [3.8, 4) is 0 Å². The maximum atomic E-state index is 13.5. The van der Waals surface area contributed by atoms with E-state index in [-0.39, 0.29) is 16.3 Å². The summed E-state index contributed by atoms with van der Waals surface area (Å²) in [4.78, 5) is 16.1. The van der Waals surface area contributed by atoms with Crippen molar-refractivity contribution >= 4 is 23.2 Å². The Morgan fingerprint density at radius 2 is 1.92 bits per heavy atom. The number of hydrogen-bond acceptors (Lipinski definition) is 4. The molecule has 3 rings (SSSR count). The lowest BCUT2D eigenvalue weighted by molar-refractivity contribution is -0.297. The quantitative estimate of drug-likeness (QED) is 0.883. The lowest BCUT2D eigenvalue weighted by atomic mass is 10.0. The number of aliphatic hydroxyl groups is 1. The molecule has 1 aromatic carbocycles. The Kier molecular flexibility index (Phi) is 4.26. The summed E-state index contributed by atoms with van der Waals surface area (Å²) in [7, 11) is 0. The van der Waals surface area contributed by atoms with E-state index < -0.39 is 24.2 Å². The highest BCUT2D eigenvalue weighted by Gasteiger charge is 2.63. The minimum absolute atomic E-state index is 0.0634. The molecule has 1 aliphatic heterocycles. The molecule has 1 unspecified atom stereocenters. The van der Waals surface area contributed by atoms with Crippen LogP contribution >= 0.6 is 11.6 Å². The predicted octanol–water partition coefficient (Wildman–Crippen LogP) is 3.24. The number of rotatable bonds is 2. The van der Waals surface area contributed by atoms with Gasteiger partial charge in [-0.3, -0.25) is 9.78 Å². The van der Waals surface area contributed by atoms with E-state index in [4.69, 9.17) is 11.6 Å². The van der Waals surface area contributed by atoms with Crippen molar-refractivity contribution in [2.75, 3.05) is 0 Å². The Hall–Kier alpha value is -2.45. The fourth-order valence-corrected chi connectivity index (χ4v) is 2.52. The van der Waals surface area contributed by atoms with Crippen LogP contribution in [0.3, 0.4) is 0 Å². The SMILES string of the molecule is O=C(c1cccnc1)N1N=C(c2ccc(Cl)cc2)CC1(O)C(F)(F)F. The van der Waals surface area contributed by atoms with E-state index in [2.05, 4.69) is 10.1 Å². The molecular weight excluding hydrogens is 359 g/mol. The second kappa shape index (κ2) is 6.12. The fourth-order valence-electron chi connectivity index (χ4n) is 2.39. The number of benzene rings is 1. The smallest absolute Gasteiger partial charge is 0.362 e. The van der Waals surface area contributed by atoms with Gasteiger partial charge < -0.3 is 5.11 Å². The van der Waals surface area contributed by atoms with E-state index in [1.165, 1.54) is 42.6 Å². The second-order valence-electron chi connectivity index (χ2n) is 5.40. The Labute approximate surface area is 145 Å². The number of carbonyl (C=O) groups excluding carboxylic acids is 1. The summed E-state index contributed by atoms with van der Waals surface area (Å²) in [5, 5.41) is 14.4. The highest BCUT2D eigenvalue weighted by atomic mass is 35.5. The number of aromatic nitrogens is 1. The van der Waals surface area contributed by atoms with Crippen molar-refractivity contribution < 1.29 is 23.1 Å². The predicted molar refractivity (Wildman–Crippen MR) is 84.0 cm³/mol. The normalized spacial score (nSPS) is 20.5. The lowest BCUT2D eigenvalue weighted by Crippen LogP contribution is -2.56. The van der Waals surface area contributed by atoms with Crippen LogP contribution in [0.15, 0.2) is 53.9 Å². The highest BCUT2D eigenvalue weighted by Crippen LogP contribution is 2.42. The summed E-state index contributed by atoms with van der Waals surface area (Å²) in [6.45, 7) is 0. The summed E-state index contributed by atoms with van der Waals surface area (Å²) in [6.07, 6.45) is -3.50. The Morgan fingerprint density at radius 3 is 2.48 bits per heavy atom. The van der Waals surface area contributed by atoms with Gasteiger partial charge in [0.1, 0.15) is 0 Å². The first kappa shape index (κ1) is 17.4. The molecule has 1 aromatic heterocycles. The molecule has 0 radical (unpaired) electrons. The van der Waals surface area contributed by atoms with Gasteiger partial charge in [0.05, 0.1) is 17.7 Å². The Bertz CT molecular complexity index is 825. The van der Waals surface area contributed by atoms with Crippen molar-refractivity contribution in [1.29, 1.82) is 0 Å². The first-order valence-corrected chi connectivity index (χ1v) is 7.47. The molecule has 25 heavy (non-hydrogen) atoms. The van der Waals surface area contributed by atoms with Crippen molar-refractivity contribution in [2.45, 2.75) is 18.3 Å². The minimum Gasteiger partial charge on any atom is -0.362 e. The molecule has 1 amide bonds. The summed E-state index contributed by atoms with van der Waals surface area (Å²) in [6, 6.07) is 8.60. The number of amides is 1. The summed E-state index contributed by atoms with van der Waals surface area (Å²) < 4.78 is 40.4. The average molecular weight is 370 g/mol. The summed E-state index contributed by atoms with van der Waals surface area (Å²) in [5.41, 5.74) is -3.30. The lowest BCUT2D eigenvalue weighted by Gasteiger charge is -2.32. The van der Waals surface area contributed by atoms with Crippen LogP contribution in [-0.4, -0.2) is 38.6 Å². The van der Waals surface area contributed by atoms with Crippen molar-refractivity contribution in [3.63, 3.8) is 0 Å². The molecule has 0 fully saturated rings. The second-order valence-corrected chi connectivity index (χ2v) is 5.84. The van der Waals surface area contributed by atoms with Gasteiger partial charge in [-0.2, -0.15) is 23.3 Å². The molecule has 9 heteroatoms. The monoisotopic (exact) mass is 369 g/mol. The molecule has 1 aliphatic rings. The van der Waals surface area contributed by atoms with Crippen LogP contribution < -0.4 is 0 Å². The third-order valence-electron chi connectivity index (χ3n) is 3.72. The van der Waals surface area contributed by atoms with E-state index in [0.717, 1.165) is 6.20 Å². The van der Waals surface area contributed by atoms with Gasteiger partial charge in [0.2, 0.25) is 0 Å². The first-order valence-electron chi connectivity index (χ1n) is 7.09. The maximum absolute atomic E-state index is 13.5. The van der Waals surface area contributed by atoms with Crippen molar-refractivity contribution in [2.24, 2.45) is 5.10 Å². The zero-order valence-corrected chi connectivity index (χ0v) is 13.3. The van der Waals surface area contributed by atoms with E-state index in [0.29, 0.717) is 10.6 Å². The van der Waals surface area contributed by atoms with E-state index >= 15 is 0 Å². The van der Waals surface area contributed by atoms with Gasteiger partial charge in [0.25, 0.3) is 11.6 Å². The number of hydrogen-bond donors (Lipinski definition) is 1. The molecule has 0 saturated carbocycles. The van der Waals surface area contributed by atoms with Crippen LogP contribution in [0, 0.1) is 0 Å². The van der Waals surface area contributed by atoms with Gasteiger partial charge in [0.15, 0.2) is 0 Å². The van der Waals surface area contributed by atoms with Crippen LogP contribution in [0.2, 0.25) is 5.02 Å². The third-order valence-corrected chi connectivity index (χ3v) is 3.97. The number of pyridine rings is 1. The standard InChI is InChI=1S/C16H11ClF3N3O2/c17-12-5-3-10(4-6-12)13-8-15(25,16(18,19)20)23(22-13)14(24)11-2-1-7-21-9-11/h1-7,9,25H,8H2. The molecule has 0 spiro atoms.